The molecule has 1 amide bonds. The van der Waals surface area contributed by atoms with Gasteiger partial charge in [0.1, 0.15) is 12.4 Å². The molecule has 1 atom stereocenters. The predicted molar refractivity (Wildman–Crippen MR) is 137 cm³/mol. The third kappa shape index (κ3) is 6.89. The number of halogens is 1. The van der Waals surface area contributed by atoms with Crippen molar-refractivity contribution in [3.05, 3.63) is 47.0 Å². The first-order chi connectivity index (χ1) is 15.6. The van der Waals surface area contributed by atoms with Crippen molar-refractivity contribution in [1.29, 1.82) is 0 Å². The number of nitrogens with zero attached hydrogens (tertiary/aromatic N) is 5. The number of carbonyl (C=O) groups excluding carboxylic acids is 1. The molecule has 2 N–H and O–H groups in total. The number of guanidine groups is 1. The van der Waals surface area contributed by atoms with Gasteiger partial charge in [-0.25, -0.2) is 14.7 Å². The molecule has 180 valence electrons. The number of carbonyl (C=O) groups is 1. The summed E-state index contributed by atoms with van der Waals surface area (Å²) in [5.74, 6) is 2.83. The van der Waals surface area contributed by atoms with Crippen molar-refractivity contribution in [2.75, 3.05) is 20.2 Å². The van der Waals surface area contributed by atoms with Crippen molar-refractivity contribution < 1.29 is 9.53 Å². The first-order valence-electron chi connectivity index (χ1n) is 11.5. The lowest BCUT2D eigenvalue weighted by Gasteiger charge is -2.25. The van der Waals surface area contributed by atoms with E-state index in [9.17, 15) is 4.79 Å². The van der Waals surface area contributed by atoms with Gasteiger partial charge in [0.15, 0.2) is 11.8 Å². The monoisotopic (exact) mass is 567 g/mol. The number of aromatic nitrogens is 3. The highest BCUT2D eigenvalue weighted by molar-refractivity contribution is 14.0. The molecule has 0 bridgehead atoms. The summed E-state index contributed by atoms with van der Waals surface area (Å²) in [6.07, 6.45) is 3.52. The smallest absolute Gasteiger partial charge is 0.222 e. The molecule has 0 saturated carbocycles. The normalized spacial score (nSPS) is 18.1. The van der Waals surface area contributed by atoms with Crippen LogP contribution in [0.5, 0.6) is 0 Å². The van der Waals surface area contributed by atoms with Crippen LogP contribution < -0.4 is 10.6 Å². The summed E-state index contributed by atoms with van der Waals surface area (Å²) < 4.78 is 7.12. The van der Waals surface area contributed by atoms with E-state index in [0.717, 1.165) is 67.6 Å². The molecule has 1 saturated heterocycles. The van der Waals surface area contributed by atoms with E-state index in [1.165, 1.54) is 0 Å². The van der Waals surface area contributed by atoms with Crippen LogP contribution in [0.3, 0.4) is 0 Å². The van der Waals surface area contributed by atoms with Gasteiger partial charge in [-0.15, -0.1) is 24.0 Å². The summed E-state index contributed by atoms with van der Waals surface area (Å²) in [4.78, 5) is 23.1. The Labute approximate surface area is 212 Å². The van der Waals surface area contributed by atoms with Crippen LogP contribution in [0.15, 0.2) is 29.3 Å². The highest BCUT2D eigenvalue weighted by Crippen LogP contribution is 2.16. The lowest BCUT2D eigenvalue weighted by atomic mass is 10.1. The van der Waals surface area contributed by atoms with Crippen molar-refractivity contribution in [3.8, 4) is 0 Å². The first-order valence-corrected chi connectivity index (χ1v) is 11.5. The Kier molecular flexibility index (Phi) is 9.48. The lowest BCUT2D eigenvalue weighted by Crippen LogP contribution is -2.47. The number of fused-ring (bicyclic) bond motifs is 1. The molecule has 2 aromatic rings. The molecule has 3 heterocycles. The van der Waals surface area contributed by atoms with Gasteiger partial charge in [-0.2, -0.15) is 5.10 Å². The summed E-state index contributed by atoms with van der Waals surface area (Å²) >= 11 is 0. The second-order valence-corrected chi connectivity index (χ2v) is 8.37. The van der Waals surface area contributed by atoms with E-state index in [-0.39, 0.29) is 35.9 Å². The first kappa shape index (κ1) is 25.4. The van der Waals surface area contributed by atoms with Crippen LogP contribution in [-0.4, -0.2) is 57.8 Å². The zero-order valence-electron chi connectivity index (χ0n) is 19.4. The Hall–Kier alpha value is -2.21. The van der Waals surface area contributed by atoms with E-state index in [1.807, 2.05) is 9.58 Å². The molecule has 33 heavy (non-hydrogen) atoms. The number of amides is 1. The molecule has 1 aromatic heterocycles. The second kappa shape index (κ2) is 12.3. The highest BCUT2D eigenvalue weighted by atomic mass is 127. The van der Waals surface area contributed by atoms with Gasteiger partial charge in [0, 0.05) is 45.6 Å². The van der Waals surface area contributed by atoms with E-state index >= 15 is 0 Å². The van der Waals surface area contributed by atoms with Crippen molar-refractivity contribution in [1.82, 2.24) is 30.3 Å². The quantitative estimate of drug-likeness (QED) is 0.289. The van der Waals surface area contributed by atoms with Gasteiger partial charge in [-0.3, -0.25) is 4.79 Å². The molecular weight excluding hydrogens is 533 g/mol. The van der Waals surface area contributed by atoms with Crippen LogP contribution >= 0.6 is 24.0 Å². The fourth-order valence-corrected chi connectivity index (χ4v) is 4.19. The van der Waals surface area contributed by atoms with Crippen LogP contribution in [0.2, 0.25) is 0 Å². The average molecular weight is 567 g/mol. The van der Waals surface area contributed by atoms with Crippen molar-refractivity contribution in [2.45, 2.75) is 64.9 Å². The molecule has 2 aliphatic rings. The fraction of sp³-hybridized carbons (Fsp3) is 0.565. The number of likely N-dealkylation sites (tertiary alicyclic amines) is 1. The summed E-state index contributed by atoms with van der Waals surface area (Å²) in [6, 6.07) is 8.65. The lowest BCUT2D eigenvalue weighted by molar-refractivity contribution is -0.128. The molecule has 9 nitrogen and oxygen atoms in total. The van der Waals surface area contributed by atoms with Crippen molar-refractivity contribution >= 4 is 35.8 Å². The second-order valence-electron chi connectivity index (χ2n) is 8.37. The van der Waals surface area contributed by atoms with Gasteiger partial charge in [0.05, 0.1) is 13.1 Å². The largest absolute Gasteiger partial charge is 0.377 e. The summed E-state index contributed by atoms with van der Waals surface area (Å²) in [5.41, 5.74) is 2.31. The van der Waals surface area contributed by atoms with E-state index in [0.29, 0.717) is 26.1 Å². The molecular formula is C23H34IN7O2. The van der Waals surface area contributed by atoms with Crippen LogP contribution in [-0.2, 0) is 42.2 Å². The molecule has 1 unspecified atom stereocenters. The number of nitrogens with one attached hydrogen (secondary N) is 2. The predicted octanol–water partition coefficient (Wildman–Crippen LogP) is 2.24. The molecule has 1 fully saturated rings. The molecule has 0 aliphatic carbocycles. The van der Waals surface area contributed by atoms with Crippen LogP contribution in [0.4, 0.5) is 0 Å². The van der Waals surface area contributed by atoms with Crippen LogP contribution in [0.25, 0.3) is 0 Å². The minimum absolute atomic E-state index is 0. The summed E-state index contributed by atoms with van der Waals surface area (Å²) in [7, 11) is 1.66. The topological polar surface area (TPSA) is 96.7 Å². The maximum absolute atomic E-state index is 11.8. The minimum Gasteiger partial charge on any atom is -0.377 e. The fourth-order valence-electron chi connectivity index (χ4n) is 4.19. The van der Waals surface area contributed by atoms with Crippen LogP contribution in [0.1, 0.15) is 49.0 Å². The zero-order chi connectivity index (χ0) is 22.3. The summed E-state index contributed by atoms with van der Waals surface area (Å²) in [6.45, 7) is 6.23. The maximum Gasteiger partial charge on any atom is 0.222 e. The number of benzene rings is 1. The Balaban J connectivity index is 0.00000306. The molecule has 4 rings (SSSR count). The third-order valence-corrected chi connectivity index (χ3v) is 5.85. The van der Waals surface area contributed by atoms with Gasteiger partial charge in [-0.05, 0) is 30.9 Å². The minimum atomic E-state index is 0. The maximum atomic E-state index is 11.8. The van der Waals surface area contributed by atoms with E-state index in [4.69, 9.17) is 9.73 Å². The van der Waals surface area contributed by atoms with Gasteiger partial charge in [0.2, 0.25) is 5.91 Å². The van der Waals surface area contributed by atoms with Gasteiger partial charge in [-0.1, -0.05) is 24.3 Å². The van der Waals surface area contributed by atoms with Gasteiger partial charge in [0.25, 0.3) is 0 Å². The number of aryl methyl sites for hydroxylation is 1. The number of aliphatic imine (C=N–C) groups is 1. The number of ether oxygens (including phenoxy) is 1. The zero-order valence-corrected chi connectivity index (χ0v) is 21.7. The van der Waals surface area contributed by atoms with E-state index in [1.54, 1.807) is 7.11 Å². The number of hydrogen-bond donors (Lipinski definition) is 2. The summed E-state index contributed by atoms with van der Waals surface area (Å²) in [5, 5.41) is 11.4. The Morgan fingerprint density at radius 1 is 1.24 bits per heavy atom. The number of methoxy groups -OCH3 is 1. The SMILES string of the molecule is CCNC(=NCc1ccc(CN2CCCC2=O)cc1)NC1CCc2nc(COC)nn2C1.I. The molecule has 2 aliphatic heterocycles. The molecule has 0 radical (unpaired) electrons. The number of rotatable bonds is 8. The van der Waals surface area contributed by atoms with E-state index < -0.39 is 0 Å². The molecule has 1 aromatic carbocycles. The third-order valence-electron chi connectivity index (χ3n) is 5.85. The number of hydrogen-bond acceptors (Lipinski definition) is 5. The highest BCUT2D eigenvalue weighted by Gasteiger charge is 2.22. The average Bonchev–Trinajstić information content (AvgIpc) is 3.38. The van der Waals surface area contributed by atoms with Crippen molar-refractivity contribution in [3.63, 3.8) is 0 Å². The van der Waals surface area contributed by atoms with Crippen LogP contribution in [0, 0.1) is 0 Å². The Morgan fingerprint density at radius 3 is 2.73 bits per heavy atom. The van der Waals surface area contributed by atoms with Gasteiger partial charge < -0.3 is 20.3 Å². The van der Waals surface area contributed by atoms with E-state index in [2.05, 4.69) is 51.9 Å². The standard InChI is InChI=1S/C23H33N7O2.HI/c1-3-24-23(26-19-10-11-21-27-20(16-32-2)28-30(21)15-19)25-13-17-6-8-18(9-7-17)14-29-12-4-5-22(29)31;/h6-9,19H,3-5,10-16H2,1-2H3,(H2,24,25,26);1H. The van der Waals surface area contributed by atoms with Gasteiger partial charge >= 0.3 is 0 Å². The Bertz CT molecular complexity index is 945. The molecule has 10 heteroatoms. The van der Waals surface area contributed by atoms with Crippen molar-refractivity contribution in [2.24, 2.45) is 4.99 Å². The Morgan fingerprint density at radius 2 is 2.03 bits per heavy atom. The molecule has 0 spiro atoms.